The first-order chi connectivity index (χ1) is 29.6. The number of ether oxygens (including phenoxy) is 8. The highest BCUT2D eigenvalue weighted by Gasteiger charge is 2.55. The van der Waals surface area contributed by atoms with Crippen LogP contribution in [0.25, 0.3) is 0 Å². The molecule has 5 aliphatic rings. The van der Waals surface area contributed by atoms with Gasteiger partial charge < -0.3 is 42.7 Å². The zero-order valence-corrected chi connectivity index (χ0v) is 39.4. The number of likely N-dealkylation sites (tertiary alicyclic amines) is 2. The van der Waals surface area contributed by atoms with E-state index >= 15 is 0 Å². The average molecular weight is 893 g/mol. The molecule has 2 amide bonds. The first-order valence-corrected chi connectivity index (χ1v) is 21.2. The van der Waals surface area contributed by atoms with E-state index in [1.54, 1.807) is 96.3 Å². The number of rotatable bonds is 4. The van der Waals surface area contributed by atoms with E-state index in [2.05, 4.69) is 16.7 Å². The minimum atomic E-state index is -0.829. The summed E-state index contributed by atoms with van der Waals surface area (Å²) in [4.78, 5) is 62.8. The normalized spacial score (nSPS) is 21.1. The van der Waals surface area contributed by atoms with Crippen LogP contribution in [0.4, 0.5) is 9.59 Å². The van der Waals surface area contributed by atoms with Crippen LogP contribution in [-0.2, 0) is 33.4 Å². The van der Waals surface area contributed by atoms with E-state index in [0.29, 0.717) is 37.7 Å². The molecule has 2 aromatic carbocycles. The number of aliphatic imine (C=N–C) groups is 1. The van der Waals surface area contributed by atoms with Crippen LogP contribution in [-0.4, -0.2) is 120 Å². The van der Waals surface area contributed by atoms with Crippen LogP contribution in [0, 0.1) is 0 Å². The van der Waals surface area contributed by atoms with Crippen molar-refractivity contribution in [2.75, 3.05) is 33.7 Å². The second kappa shape index (κ2) is 19.0. The molecule has 0 radical (unpaired) electrons. The summed E-state index contributed by atoms with van der Waals surface area (Å²) in [7, 11) is 1.74. The van der Waals surface area contributed by atoms with Gasteiger partial charge in [0, 0.05) is 44.6 Å². The zero-order chi connectivity index (χ0) is 47.4. The highest BCUT2D eigenvalue weighted by Crippen LogP contribution is 2.42. The molecular weight excluding hydrogens is 829 g/mol. The Morgan fingerprint density at radius 1 is 0.703 bits per heavy atom. The first kappa shape index (κ1) is 49.0. The molecule has 0 saturated carbocycles. The highest BCUT2D eigenvalue weighted by atomic mass is 16.7. The van der Waals surface area contributed by atoms with E-state index in [0.717, 1.165) is 33.9 Å². The van der Waals surface area contributed by atoms with Crippen LogP contribution in [0.15, 0.2) is 58.7 Å². The van der Waals surface area contributed by atoms with Crippen LogP contribution in [0.1, 0.15) is 113 Å². The fraction of sp³-hybridized carbons (Fsp3) is 0.574. The third kappa shape index (κ3) is 13.5. The molecule has 1 spiro atoms. The largest absolute Gasteiger partial charge is 0.458 e. The lowest BCUT2D eigenvalue weighted by molar-refractivity contribution is -0.161. The second-order valence-electron chi connectivity index (χ2n) is 20.0. The van der Waals surface area contributed by atoms with Gasteiger partial charge in [0.2, 0.25) is 13.6 Å². The minimum Gasteiger partial charge on any atom is -0.458 e. The van der Waals surface area contributed by atoms with Crippen molar-refractivity contribution in [3.63, 3.8) is 0 Å². The van der Waals surface area contributed by atoms with Gasteiger partial charge in [-0.3, -0.25) is 14.8 Å². The number of nitrogens with zero attached hydrogens (tertiary/aromatic N) is 4. The molecule has 0 bridgehead atoms. The number of esters is 2. The first-order valence-electron chi connectivity index (χ1n) is 21.2. The molecule has 0 aliphatic carbocycles. The predicted molar refractivity (Wildman–Crippen MR) is 237 cm³/mol. The van der Waals surface area contributed by atoms with Gasteiger partial charge in [-0.15, -0.1) is 0 Å². The van der Waals surface area contributed by atoms with Gasteiger partial charge in [-0.1, -0.05) is 17.3 Å². The summed E-state index contributed by atoms with van der Waals surface area (Å²) in [5, 5.41) is 4.29. The summed E-state index contributed by atoms with van der Waals surface area (Å²) in [5.41, 5.74) is 0.0265. The van der Waals surface area contributed by atoms with Crippen molar-refractivity contribution < 1.29 is 61.9 Å². The molecule has 350 valence electrons. The molecule has 2 fully saturated rings. The number of carbonyl (C=O) groups is 4. The second-order valence-corrected chi connectivity index (χ2v) is 20.0. The molecule has 17 nitrogen and oxygen atoms in total. The molecule has 0 unspecified atom stereocenters. The van der Waals surface area contributed by atoms with Crippen LogP contribution in [0.5, 0.6) is 23.0 Å². The van der Waals surface area contributed by atoms with Gasteiger partial charge in [0.1, 0.15) is 34.5 Å². The van der Waals surface area contributed by atoms with E-state index in [9.17, 15) is 19.2 Å². The van der Waals surface area contributed by atoms with Crippen molar-refractivity contribution >= 4 is 36.1 Å². The summed E-state index contributed by atoms with van der Waals surface area (Å²) in [6.45, 7) is 26.4. The Morgan fingerprint density at radius 3 is 1.75 bits per heavy atom. The predicted octanol–water partition coefficient (Wildman–Crippen LogP) is 7.99. The third-order valence-electron chi connectivity index (χ3n) is 9.49. The summed E-state index contributed by atoms with van der Waals surface area (Å²) in [6.07, 6.45) is 1.82. The van der Waals surface area contributed by atoms with E-state index in [4.69, 9.17) is 42.7 Å². The van der Waals surface area contributed by atoms with E-state index in [-0.39, 0.29) is 19.8 Å². The van der Waals surface area contributed by atoms with Gasteiger partial charge in [0.05, 0.1) is 12.3 Å². The molecule has 5 heterocycles. The fourth-order valence-electron chi connectivity index (χ4n) is 7.02. The van der Waals surface area contributed by atoms with E-state index in [1.165, 1.54) is 9.80 Å². The third-order valence-corrected chi connectivity index (χ3v) is 9.49. The van der Waals surface area contributed by atoms with E-state index in [1.807, 2.05) is 36.4 Å². The van der Waals surface area contributed by atoms with Crippen molar-refractivity contribution in [3.05, 3.63) is 59.7 Å². The van der Waals surface area contributed by atoms with Crippen LogP contribution >= 0.6 is 0 Å². The molecular formula is C47H64N4O13. The van der Waals surface area contributed by atoms with Crippen molar-refractivity contribution in [1.29, 1.82) is 0 Å². The van der Waals surface area contributed by atoms with Crippen molar-refractivity contribution in [2.24, 2.45) is 10.1 Å². The van der Waals surface area contributed by atoms with E-state index < -0.39 is 64.2 Å². The zero-order valence-electron chi connectivity index (χ0n) is 39.4. The van der Waals surface area contributed by atoms with Gasteiger partial charge in [0.25, 0.3) is 0 Å². The molecule has 2 aromatic rings. The number of benzene rings is 2. The van der Waals surface area contributed by atoms with Crippen molar-refractivity contribution in [1.82, 2.24) is 9.80 Å². The van der Waals surface area contributed by atoms with Crippen molar-refractivity contribution in [3.8, 4) is 23.0 Å². The topological polar surface area (TPSA) is 183 Å². The van der Waals surface area contributed by atoms with Gasteiger partial charge in [-0.05, 0) is 125 Å². The lowest BCUT2D eigenvalue weighted by atomic mass is 9.91. The number of hydrogen-bond acceptors (Lipinski definition) is 15. The Labute approximate surface area is 375 Å². The number of fused-ring (bicyclic) bond motifs is 2. The Hall–Kier alpha value is -6.00. The lowest BCUT2D eigenvalue weighted by Gasteiger charge is -2.29. The van der Waals surface area contributed by atoms with Gasteiger partial charge >= 0.3 is 24.1 Å². The molecule has 0 N–H and O–H groups in total. The number of amides is 2. The van der Waals surface area contributed by atoms with Crippen LogP contribution in [0.2, 0.25) is 0 Å². The molecule has 64 heavy (non-hydrogen) atoms. The fourth-order valence-corrected chi connectivity index (χ4v) is 7.02. The van der Waals surface area contributed by atoms with Gasteiger partial charge in [0.15, 0.2) is 28.6 Å². The SMILES string of the molecule is C=C1C[C@@H](C(=O)OC(C)(C)C)N(C(=O)OC(C)(C)C)C1.CC(C)(C)OC(=O)[C@@H]1C[C@]2(CC(c3ccc4c(c3)OCO4)=NO2)CN1C(=O)OC(C)(C)C.CN=Cc1ccc2c(c1)OCO2. The molecule has 17 heteroatoms. The standard InChI is InChI=1S/C23H30N2O7.C15H25NO4.C9H9NO2/c1-21(2,3)30-19(26)16-11-23(12-25(16)20(27)31-22(4,5)6)10-15(24-32-23)14-7-8-17-18(9-14)29-13-28-17;1-10-8-11(12(17)19-14(2,3)4)16(9-10)13(18)20-15(5,6)7;1-10-5-7-2-3-8-9(4-7)12-6-11-8/h7-9,16H,10-13H2,1-6H3;11H,1,8-9H2,2-7H3;2-5H,6H2,1H3/t16-,23+;11-;/m00./s1. The Kier molecular flexibility index (Phi) is 14.6. The van der Waals surface area contributed by atoms with Crippen LogP contribution in [0.3, 0.4) is 0 Å². The smallest absolute Gasteiger partial charge is 0.411 e. The minimum absolute atomic E-state index is 0.170. The maximum atomic E-state index is 13.0. The Bertz CT molecular complexity index is 2060. The Balaban J connectivity index is 0.000000204. The molecule has 2 saturated heterocycles. The maximum absolute atomic E-state index is 13.0. The molecule has 0 aromatic heterocycles. The summed E-state index contributed by atoms with van der Waals surface area (Å²) in [6, 6.07) is 9.86. The Morgan fingerprint density at radius 2 is 1.20 bits per heavy atom. The van der Waals surface area contributed by atoms with Gasteiger partial charge in [-0.25, -0.2) is 19.2 Å². The number of oxime groups is 1. The molecule has 3 atom stereocenters. The summed E-state index contributed by atoms with van der Waals surface area (Å²) >= 11 is 0. The highest BCUT2D eigenvalue weighted by molar-refractivity contribution is 6.02. The van der Waals surface area contributed by atoms with Gasteiger partial charge in [-0.2, -0.15) is 0 Å². The monoisotopic (exact) mass is 892 g/mol. The maximum Gasteiger partial charge on any atom is 0.411 e. The number of hydrogen-bond donors (Lipinski definition) is 0. The molecule has 5 aliphatic heterocycles. The molecule has 7 rings (SSSR count). The average Bonchev–Trinajstić information content (AvgIpc) is 4.00. The quantitative estimate of drug-likeness (QED) is 0.125. The number of carbonyl (C=O) groups excluding carboxylic acids is 4. The summed E-state index contributed by atoms with van der Waals surface area (Å²) < 4.78 is 43.0. The lowest BCUT2D eigenvalue weighted by Crippen LogP contribution is -2.46. The van der Waals surface area contributed by atoms with Crippen molar-refractivity contribution in [2.45, 2.75) is 142 Å². The summed E-state index contributed by atoms with van der Waals surface area (Å²) in [5.74, 6) is 2.04. The van der Waals surface area contributed by atoms with Crippen LogP contribution < -0.4 is 18.9 Å².